The van der Waals surface area contributed by atoms with Crippen LogP contribution in [0.1, 0.15) is 54.9 Å². The highest BCUT2D eigenvalue weighted by molar-refractivity contribution is 5.94. The number of carbonyl (C=O) groups excluding carboxylic acids is 1. The van der Waals surface area contributed by atoms with Gasteiger partial charge in [0.15, 0.2) is 5.96 Å². The summed E-state index contributed by atoms with van der Waals surface area (Å²) in [6.07, 6.45) is 7.46. The van der Waals surface area contributed by atoms with E-state index in [1.807, 2.05) is 24.3 Å². The second-order valence-electron chi connectivity index (χ2n) is 7.28. The number of hydrogen-bond acceptors (Lipinski definition) is 3. The molecule has 0 saturated heterocycles. The van der Waals surface area contributed by atoms with Crippen LogP contribution in [0, 0.1) is 5.92 Å². The van der Waals surface area contributed by atoms with Crippen molar-refractivity contribution in [3.05, 3.63) is 35.4 Å². The molecular formula is C22H36N4O2. The third kappa shape index (κ3) is 7.15. The molecule has 0 aliphatic heterocycles. The Hall–Kier alpha value is -2.08. The molecular weight excluding hydrogens is 352 g/mol. The summed E-state index contributed by atoms with van der Waals surface area (Å²) in [6.45, 7) is 4.47. The van der Waals surface area contributed by atoms with Crippen molar-refractivity contribution in [2.24, 2.45) is 10.9 Å². The Morgan fingerprint density at radius 3 is 2.68 bits per heavy atom. The van der Waals surface area contributed by atoms with Crippen LogP contribution >= 0.6 is 0 Å². The maximum absolute atomic E-state index is 11.7. The maximum atomic E-state index is 11.7. The van der Waals surface area contributed by atoms with Gasteiger partial charge in [0, 0.05) is 39.4 Å². The van der Waals surface area contributed by atoms with Crippen LogP contribution in [-0.4, -0.2) is 51.8 Å². The highest BCUT2D eigenvalue weighted by atomic mass is 16.5. The fourth-order valence-electron chi connectivity index (χ4n) is 3.89. The van der Waals surface area contributed by atoms with Gasteiger partial charge in [-0.3, -0.25) is 9.79 Å². The molecule has 1 aromatic carbocycles. The Balaban J connectivity index is 1.73. The first-order chi connectivity index (χ1) is 13.7. The lowest BCUT2D eigenvalue weighted by Gasteiger charge is -2.24. The number of nitrogens with one attached hydrogen (secondary N) is 3. The van der Waals surface area contributed by atoms with E-state index in [0.717, 1.165) is 44.1 Å². The number of ether oxygens (including phenoxy) is 1. The van der Waals surface area contributed by atoms with Crippen LogP contribution in [0.2, 0.25) is 0 Å². The molecule has 1 aliphatic carbocycles. The molecule has 1 saturated carbocycles. The standard InChI is InChI=1S/C22H36N4O2/c1-4-28-20(18-9-5-6-10-18)13-15-26-22(24-3)25-14-12-17-8-7-11-19(16-17)21(27)23-2/h7-8,11,16,18,20H,4-6,9-10,12-15H2,1-3H3,(H,23,27)(H2,24,25,26). The molecule has 156 valence electrons. The Morgan fingerprint density at radius 1 is 1.25 bits per heavy atom. The molecule has 28 heavy (non-hydrogen) atoms. The molecule has 0 radical (unpaired) electrons. The Bertz CT molecular complexity index is 627. The molecule has 1 fully saturated rings. The lowest BCUT2D eigenvalue weighted by molar-refractivity contribution is 0.0169. The Labute approximate surface area is 169 Å². The largest absolute Gasteiger partial charge is 0.378 e. The van der Waals surface area contributed by atoms with Crippen LogP contribution in [0.15, 0.2) is 29.3 Å². The first kappa shape index (κ1) is 22.2. The average molecular weight is 389 g/mol. The van der Waals surface area contributed by atoms with Crippen molar-refractivity contribution in [1.82, 2.24) is 16.0 Å². The number of aliphatic imine (C=N–C) groups is 1. The van der Waals surface area contributed by atoms with Crippen LogP contribution in [0.25, 0.3) is 0 Å². The molecule has 0 heterocycles. The zero-order chi connectivity index (χ0) is 20.2. The van der Waals surface area contributed by atoms with Crippen molar-refractivity contribution >= 4 is 11.9 Å². The second kappa shape index (κ2) is 12.4. The number of guanidine groups is 1. The predicted molar refractivity (Wildman–Crippen MR) is 115 cm³/mol. The summed E-state index contributed by atoms with van der Waals surface area (Å²) in [5.41, 5.74) is 1.82. The number of carbonyl (C=O) groups is 1. The average Bonchev–Trinajstić information content (AvgIpc) is 3.26. The van der Waals surface area contributed by atoms with E-state index < -0.39 is 0 Å². The number of rotatable bonds is 10. The third-order valence-electron chi connectivity index (χ3n) is 5.37. The van der Waals surface area contributed by atoms with E-state index >= 15 is 0 Å². The quantitative estimate of drug-likeness (QED) is 0.426. The van der Waals surface area contributed by atoms with Gasteiger partial charge in [0.25, 0.3) is 5.91 Å². The van der Waals surface area contributed by atoms with E-state index in [1.54, 1.807) is 14.1 Å². The molecule has 6 nitrogen and oxygen atoms in total. The molecule has 1 amide bonds. The summed E-state index contributed by atoms with van der Waals surface area (Å²) in [5.74, 6) is 1.46. The molecule has 1 aromatic rings. The minimum atomic E-state index is -0.0570. The first-order valence-electron chi connectivity index (χ1n) is 10.5. The van der Waals surface area contributed by atoms with Crippen molar-refractivity contribution in [3.8, 4) is 0 Å². The topological polar surface area (TPSA) is 74.8 Å². The fourth-order valence-corrected chi connectivity index (χ4v) is 3.89. The van der Waals surface area contributed by atoms with Crippen molar-refractivity contribution in [1.29, 1.82) is 0 Å². The molecule has 0 spiro atoms. The van der Waals surface area contributed by atoms with Crippen molar-refractivity contribution in [3.63, 3.8) is 0 Å². The maximum Gasteiger partial charge on any atom is 0.251 e. The minimum Gasteiger partial charge on any atom is -0.378 e. The van der Waals surface area contributed by atoms with Gasteiger partial charge in [-0.2, -0.15) is 0 Å². The molecule has 0 bridgehead atoms. The van der Waals surface area contributed by atoms with Crippen molar-refractivity contribution in [2.75, 3.05) is 33.8 Å². The van der Waals surface area contributed by atoms with Crippen LogP contribution in [0.4, 0.5) is 0 Å². The number of hydrogen-bond donors (Lipinski definition) is 3. The summed E-state index contributed by atoms with van der Waals surface area (Å²) < 4.78 is 5.99. The van der Waals surface area contributed by atoms with Gasteiger partial charge in [-0.05, 0) is 56.2 Å². The van der Waals surface area contributed by atoms with Crippen LogP contribution in [-0.2, 0) is 11.2 Å². The summed E-state index contributed by atoms with van der Waals surface area (Å²) in [7, 11) is 3.44. The second-order valence-corrected chi connectivity index (χ2v) is 7.28. The van der Waals surface area contributed by atoms with Gasteiger partial charge in [-0.15, -0.1) is 0 Å². The lowest BCUT2D eigenvalue weighted by atomic mass is 9.98. The van der Waals surface area contributed by atoms with Gasteiger partial charge >= 0.3 is 0 Å². The Kier molecular flexibility index (Phi) is 9.83. The molecule has 3 N–H and O–H groups in total. The van der Waals surface area contributed by atoms with E-state index in [1.165, 1.54) is 25.7 Å². The van der Waals surface area contributed by atoms with Gasteiger partial charge in [0.1, 0.15) is 0 Å². The van der Waals surface area contributed by atoms with Crippen molar-refractivity contribution in [2.45, 2.75) is 51.6 Å². The van der Waals surface area contributed by atoms with Gasteiger partial charge in [-0.25, -0.2) is 0 Å². The summed E-state index contributed by atoms with van der Waals surface area (Å²) >= 11 is 0. The normalized spacial score (nSPS) is 16.0. The zero-order valence-corrected chi connectivity index (χ0v) is 17.6. The van der Waals surface area contributed by atoms with Crippen molar-refractivity contribution < 1.29 is 9.53 Å². The van der Waals surface area contributed by atoms with Crippen LogP contribution in [0.3, 0.4) is 0 Å². The molecule has 1 atom stereocenters. The fraction of sp³-hybridized carbons (Fsp3) is 0.636. The van der Waals surface area contributed by atoms with E-state index in [2.05, 4.69) is 27.9 Å². The minimum absolute atomic E-state index is 0.0570. The van der Waals surface area contributed by atoms with Gasteiger partial charge < -0.3 is 20.7 Å². The molecule has 0 aromatic heterocycles. The molecule has 6 heteroatoms. The van der Waals surface area contributed by atoms with Crippen LogP contribution in [0.5, 0.6) is 0 Å². The van der Waals surface area contributed by atoms with E-state index in [-0.39, 0.29) is 5.91 Å². The van der Waals surface area contributed by atoms with E-state index in [9.17, 15) is 4.79 Å². The highest BCUT2D eigenvalue weighted by Crippen LogP contribution is 2.30. The number of amides is 1. The third-order valence-corrected chi connectivity index (χ3v) is 5.37. The Morgan fingerprint density at radius 2 is 2.00 bits per heavy atom. The van der Waals surface area contributed by atoms with Gasteiger partial charge in [0.2, 0.25) is 0 Å². The van der Waals surface area contributed by atoms with Gasteiger partial charge in [-0.1, -0.05) is 25.0 Å². The van der Waals surface area contributed by atoms with Gasteiger partial charge in [0.05, 0.1) is 6.10 Å². The summed E-state index contributed by atoms with van der Waals surface area (Å²) in [4.78, 5) is 16.1. The predicted octanol–water partition coefficient (Wildman–Crippen LogP) is 2.74. The highest BCUT2D eigenvalue weighted by Gasteiger charge is 2.25. The molecule has 1 unspecified atom stereocenters. The zero-order valence-electron chi connectivity index (χ0n) is 17.6. The lowest BCUT2D eigenvalue weighted by Crippen LogP contribution is -2.40. The van der Waals surface area contributed by atoms with Crippen LogP contribution < -0.4 is 16.0 Å². The number of benzene rings is 1. The number of nitrogens with zero attached hydrogens (tertiary/aromatic N) is 1. The first-order valence-corrected chi connectivity index (χ1v) is 10.5. The SMILES string of the molecule is CCOC(CCNC(=NC)NCCc1cccc(C(=O)NC)c1)C1CCCC1. The monoisotopic (exact) mass is 388 g/mol. The van der Waals surface area contributed by atoms with E-state index in [0.29, 0.717) is 17.6 Å². The molecule has 2 rings (SSSR count). The molecule has 1 aliphatic rings. The smallest absolute Gasteiger partial charge is 0.251 e. The summed E-state index contributed by atoms with van der Waals surface area (Å²) in [5, 5.41) is 9.41. The van der Waals surface area contributed by atoms with E-state index in [4.69, 9.17) is 4.74 Å². The summed E-state index contributed by atoms with van der Waals surface area (Å²) in [6, 6.07) is 7.73.